The lowest BCUT2D eigenvalue weighted by molar-refractivity contribution is 0.102. The Balaban J connectivity index is 1.43. The summed E-state index contributed by atoms with van der Waals surface area (Å²) in [5, 5.41) is 6.75. The zero-order chi connectivity index (χ0) is 20.4. The van der Waals surface area contributed by atoms with Gasteiger partial charge in [0, 0.05) is 18.4 Å². The number of carbonyl (C=O) groups excluding carboxylic acids is 1. The van der Waals surface area contributed by atoms with E-state index >= 15 is 0 Å². The molecule has 0 aliphatic heterocycles. The van der Waals surface area contributed by atoms with Gasteiger partial charge in [0.15, 0.2) is 5.69 Å². The van der Waals surface area contributed by atoms with Crippen molar-refractivity contribution < 1.29 is 17.6 Å². The van der Waals surface area contributed by atoms with Crippen molar-refractivity contribution in [1.82, 2.24) is 14.5 Å². The van der Waals surface area contributed by atoms with Gasteiger partial charge >= 0.3 is 0 Å². The molecule has 0 atom stereocenters. The van der Waals surface area contributed by atoms with Crippen LogP contribution >= 0.6 is 0 Å². The number of carbonyl (C=O) groups is 1. The van der Waals surface area contributed by atoms with Crippen molar-refractivity contribution in [3.8, 4) is 5.69 Å². The van der Waals surface area contributed by atoms with Crippen molar-refractivity contribution in [2.45, 2.75) is 17.7 Å². The number of aromatic nitrogens is 2. The summed E-state index contributed by atoms with van der Waals surface area (Å²) in [6.07, 6.45) is 3.61. The van der Waals surface area contributed by atoms with Crippen molar-refractivity contribution >= 4 is 21.6 Å². The normalized spacial score (nSPS) is 14.0. The van der Waals surface area contributed by atoms with Crippen molar-refractivity contribution in [2.24, 2.45) is 5.92 Å². The summed E-state index contributed by atoms with van der Waals surface area (Å²) in [5.74, 6) is -0.496. The first-order chi connectivity index (χ1) is 13.9. The van der Waals surface area contributed by atoms with E-state index < -0.39 is 21.7 Å². The molecule has 2 aromatic carbocycles. The van der Waals surface area contributed by atoms with E-state index in [1.807, 2.05) is 0 Å². The minimum absolute atomic E-state index is 0.107. The minimum atomic E-state index is -3.56. The first kappa shape index (κ1) is 19.3. The van der Waals surface area contributed by atoms with E-state index in [0.717, 1.165) is 12.8 Å². The number of amides is 1. The lowest BCUT2D eigenvalue weighted by Crippen LogP contribution is -2.25. The number of benzene rings is 2. The molecule has 1 aliphatic rings. The molecule has 0 bridgehead atoms. The lowest BCUT2D eigenvalue weighted by Gasteiger charge is -2.08. The maximum absolute atomic E-state index is 13.9. The molecule has 0 saturated heterocycles. The zero-order valence-electron chi connectivity index (χ0n) is 15.4. The highest BCUT2D eigenvalue weighted by molar-refractivity contribution is 7.89. The number of nitrogens with zero attached hydrogens (tertiary/aromatic N) is 2. The van der Waals surface area contributed by atoms with E-state index in [4.69, 9.17) is 0 Å². The Labute approximate surface area is 167 Å². The van der Waals surface area contributed by atoms with Crippen molar-refractivity contribution in [2.75, 3.05) is 11.9 Å². The van der Waals surface area contributed by atoms with E-state index in [1.54, 1.807) is 18.2 Å². The molecular weight excluding hydrogens is 395 g/mol. The molecule has 9 heteroatoms. The Morgan fingerprint density at radius 3 is 2.52 bits per heavy atom. The van der Waals surface area contributed by atoms with E-state index in [0.29, 0.717) is 18.2 Å². The molecule has 1 amide bonds. The van der Waals surface area contributed by atoms with Crippen LogP contribution in [0.1, 0.15) is 23.3 Å². The average Bonchev–Trinajstić information content (AvgIpc) is 3.42. The van der Waals surface area contributed by atoms with Crippen LogP contribution in [0.25, 0.3) is 5.69 Å². The third kappa shape index (κ3) is 4.52. The third-order valence-corrected chi connectivity index (χ3v) is 6.04. The molecule has 150 valence electrons. The molecule has 2 N–H and O–H groups in total. The van der Waals surface area contributed by atoms with Crippen molar-refractivity contribution in [3.63, 3.8) is 0 Å². The summed E-state index contributed by atoms with van der Waals surface area (Å²) in [4.78, 5) is 12.5. The number of para-hydroxylation sites is 1. The van der Waals surface area contributed by atoms with Gasteiger partial charge in [-0.2, -0.15) is 5.10 Å². The molecule has 0 radical (unpaired) electrons. The Morgan fingerprint density at radius 1 is 1.10 bits per heavy atom. The average molecular weight is 414 g/mol. The van der Waals surface area contributed by atoms with Crippen LogP contribution in [0.4, 0.5) is 10.1 Å². The van der Waals surface area contributed by atoms with Gasteiger partial charge in [-0.3, -0.25) is 4.79 Å². The van der Waals surface area contributed by atoms with Crippen molar-refractivity contribution in [3.05, 3.63) is 72.3 Å². The molecule has 1 aromatic heterocycles. The zero-order valence-corrected chi connectivity index (χ0v) is 16.2. The number of nitrogens with one attached hydrogen (secondary N) is 2. The number of anilines is 1. The SMILES string of the molecule is O=C(Nc1ccc(S(=O)(=O)NCC2CC2)cc1)c1ccn(-c2ccccc2F)n1. The molecule has 4 rings (SSSR count). The fraction of sp³-hybridized carbons (Fsp3) is 0.200. The summed E-state index contributed by atoms with van der Waals surface area (Å²) in [7, 11) is -3.56. The number of rotatable bonds is 7. The maximum atomic E-state index is 13.9. The molecular formula is C20H19FN4O3S. The second kappa shape index (κ2) is 7.76. The van der Waals surface area contributed by atoms with Crippen LogP contribution in [-0.2, 0) is 10.0 Å². The second-order valence-corrected chi connectivity index (χ2v) is 8.64. The predicted octanol–water partition coefficient (Wildman–Crippen LogP) is 2.95. The molecule has 1 aliphatic carbocycles. The summed E-state index contributed by atoms with van der Waals surface area (Å²) >= 11 is 0. The van der Waals surface area contributed by atoms with Gasteiger partial charge in [-0.1, -0.05) is 12.1 Å². The molecule has 1 heterocycles. The smallest absolute Gasteiger partial charge is 0.276 e. The van der Waals surface area contributed by atoms with Crippen LogP contribution in [0.5, 0.6) is 0 Å². The molecule has 1 saturated carbocycles. The Hall–Kier alpha value is -3.04. The maximum Gasteiger partial charge on any atom is 0.276 e. The Bertz CT molecular complexity index is 1140. The molecule has 29 heavy (non-hydrogen) atoms. The Kier molecular flexibility index (Phi) is 5.16. The van der Waals surface area contributed by atoms with Gasteiger partial charge in [-0.25, -0.2) is 22.2 Å². The van der Waals surface area contributed by atoms with Crippen molar-refractivity contribution in [1.29, 1.82) is 0 Å². The third-order valence-electron chi connectivity index (χ3n) is 4.60. The standard InChI is InChI=1S/C20H19FN4O3S/c21-17-3-1-2-4-19(17)25-12-11-18(24-25)20(26)23-15-7-9-16(10-8-15)29(27,28)22-13-14-5-6-14/h1-4,7-12,14,22H,5-6,13H2,(H,23,26). The number of sulfonamides is 1. The fourth-order valence-electron chi connectivity index (χ4n) is 2.76. The van der Waals surface area contributed by atoms with Crippen LogP contribution in [0.3, 0.4) is 0 Å². The van der Waals surface area contributed by atoms with Gasteiger partial charge in [0.05, 0.1) is 4.90 Å². The summed E-state index contributed by atoms with van der Waals surface area (Å²) in [5.41, 5.74) is 0.771. The van der Waals surface area contributed by atoms with Crippen LogP contribution in [0.15, 0.2) is 65.7 Å². The number of hydrogen-bond acceptors (Lipinski definition) is 4. The highest BCUT2D eigenvalue weighted by atomic mass is 32.2. The van der Waals surface area contributed by atoms with Crippen LogP contribution in [0, 0.1) is 11.7 Å². The van der Waals surface area contributed by atoms with Gasteiger partial charge in [-0.05, 0) is 61.2 Å². The highest BCUT2D eigenvalue weighted by Gasteiger charge is 2.24. The lowest BCUT2D eigenvalue weighted by atomic mass is 10.3. The molecule has 1 fully saturated rings. The molecule has 3 aromatic rings. The largest absolute Gasteiger partial charge is 0.321 e. The van der Waals surface area contributed by atoms with E-state index in [1.165, 1.54) is 47.3 Å². The first-order valence-corrected chi connectivity index (χ1v) is 10.6. The van der Waals surface area contributed by atoms with Gasteiger partial charge in [0.1, 0.15) is 11.5 Å². The summed E-state index contributed by atoms with van der Waals surface area (Å²) in [6, 6.07) is 13.5. The van der Waals surface area contributed by atoms with Gasteiger partial charge in [-0.15, -0.1) is 0 Å². The summed E-state index contributed by atoms with van der Waals surface area (Å²) < 4.78 is 42.2. The van der Waals surface area contributed by atoms with Gasteiger partial charge < -0.3 is 5.32 Å². The first-order valence-electron chi connectivity index (χ1n) is 9.14. The fourth-order valence-corrected chi connectivity index (χ4v) is 3.88. The highest BCUT2D eigenvalue weighted by Crippen LogP contribution is 2.28. The minimum Gasteiger partial charge on any atom is -0.321 e. The van der Waals surface area contributed by atoms with Crippen LogP contribution < -0.4 is 10.0 Å². The second-order valence-electron chi connectivity index (χ2n) is 6.87. The monoisotopic (exact) mass is 414 g/mol. The number of hydrogen-bond donors (Lipinski definition) is 2. The van der Waals surface area contributed by atoms with E-state index in [9.17, 15) is 17.6 Å². The van der Waals surface area contributed by atoms with Crippen LogP contribution in [-0.4, -0.2) is 30.7 Å². The molecule has 0 unspecified atom stereocenters. The van der Waals surface area contributed by atoms with E-state index in [-0.39, 0.29) is 16.3 Å². The Morgan fingerprint density at radius 2 is 1.83 bits per heavy atom. The van der Waals surface area contributed by atoms with E-state index in [2.05, 4.69) is 15.1 Å². The number of halogens is 1. The topological polar surface area (TPSA) is 93.1 Å². The van der Waals surface area contributed by atoms with Crippen LogP contribution in [0.2, 0.25) is 0 Å². The van der Waals surface area contributed by atoms with Gasteiger partial charge in [0.2, 0.25) is 10.0 Å². The molecule has 7 nitrogen and oxygen atoms in total. The quantitative estimate of drug-likeness (QED) is 0.622. The van der Waals surface area contributed by atoms with Gasteiger partial charge in [0.25, 0.3) is 5.91 Å². The predicted molar refractivity (Wildman–Crippen MR) is 106 cm³/mol. The summed E-state index contributed by atoms with van der Waals surface area (Å²) in [6.45, 7) is 0.450. The molecule has 0 spiro atoms.